The molecule has 2 unspecified atom stereocenters. The minimum atomic E-state index is -3.29. The molecule has 3 heterocycles. The molecule has 0 saturated carbocycles. The second kappa shape index (κ2) is 9.89. The number of nitrogens with zero attached hydrogens (tertiary/aromatic N) is 2. The lowest BCUT2D eigenvalue weighted by molar-refractivity contribution is 0.00578. The van der Waals surface area contributed by atoms with E-state index < -0.39 is 10.0 Å². The van der Waals surface area contributed by atoms with Gasteiger partial charge in [0.15, 0.2) is 0 Å². The summed E-state index contributed by atoms with van der Waals surface area (Å²) in [5, 5.41) is 0. The number of hydrogen-bond acceptors (Lipinski definition) is 7. The van der Waals surface area contributed by atoms with E-state index in [4.69, 9.17) is 14.0 Å². The van der Waals surface area contributed by atoms with Crippen LogP contribution in [0.3, 0.4) is 0 Å². The number of allylic oxidation sites excluding steroid dienone is 1. The molecular formula is C24H38BN3O5S. The quantitative estimate of drug-likeness (QED) is 0.587. The summed E-state index contributed by atoms with van der Waals surface area (Å²) >= 11 is 0. The molecule has 1 aromatic rings. The number of rotatable bonds is 7. The number of hydrogen-bond donors (Lipinski definition) is 1. The van der Waals surface area contributed by atoms with E-state index in [0.717, 1.165) is 31.6 Å². The third-order valence-corrected chi connectivity index (χ3v) is 8.30. The number of pyridine rings is 1. The third-order valence-electron chi connectivity index (χ3n) is 7.57. The highest BCUT2D eigenvalue weighted by Crippen LogP contribution is 2.40. The molecule has 2 fully saturated rings. The van der Waals surface area contributed by atoms with Crippen LogP contribution in [0.4, 0.5) is 5.82 Å². The largest absolute Gasteiger partial charge is 0.490 e. The van der Waals surface area contributed by atoms with E-state index in [9.17, 15) is 8.42 Å². The van der Waals surface area contributed by atoms with Gasteiger partial charge in [-0.2, -0.15) is 0 Å². The summed E-state index contributed by atoms with van der Waals surface area (Å²) in [6, 6.07) is 5.72. The molecule has 8 nitrogen and oxygen atoms in total. The zero-order valence-corrected chi connectivity index (χ0v) is 21.8. The average molecular weight is 491 g/mol. The molecule has 1 aromatic heterocycles. The van der Waals surface area contributed by atoms with Crippen molar-refractivity contribution >= 4 is 23.0 Å². The highest BCUT2D eigenvalue weighted by atomic mass is 32.2. The highest BCUT2D eigenvalue weighted by molar-refractivity contribution is 7.88. The smallest absolute Gasteiger partial charge is 0.400 e. The lowest BCUT2D eigenvalue weighted by Crippen LogP contribution is -2.52. The summed E-state index contributed by atoms with van der Waals surface area (Å²) in [6.45, 7) is 10.2. The SMILES string of the molecule is CC1(C)OB(C2=CC[C@H](OCC3CN(c4ccccn4)CCC3NS(C)(=O)=O)CC2)OC1(C)C. The molecule has 3 atom stereocenters. The minimum Gasteiger partial charge on any atom is -0.400 e. The van der Waals surface area contributed by atoms with Gasteiger partial charge in [0.1, 0.15) is 5.82 Å². The fraction of sp³-hybridized carbons (Fsp3) is 0.708. The van der Waals surface area contributed by atoms with Crippen molar-refractivity contribution in [1.82, 2.24) is 9.71 Å². The first kappa shape index (κ1) is 25.6. The lowest BCUT2D eigenvalue weighted by atomic mass is 9.72. The van der Waals surface area contributed by atoms with E-state index in [1.165, 1.54) is 11.7 Å². The highest BCUT2D eigenvalue weighted by Gasteiger charge is 2.52. The topological polar surface area (TPSA) is 90.0 Å². The van der Waals surface area contributed by atoms with Crippen LogP contribution in [0.1, 0.15) is 53.4 Å². The molecule has 2 aliphatic heterocycles. The Kier molecular flexibility index (Phi) is 7.46. The van der Waals surface area contributed by atoms with Gasteiger partial charge in [-0.05, 0) is 71.0 Å². The maximum Gasteiger partial charge on any atom is 0.490 e. The van der Waals surface area contributed by atoms with Crippen molar-refractivity contribution in [2.75, 3.05) is 30.9 Å². The molecule has 4 rings (SSSR count). The molecule has 1 aliphatic carbocycles. The van der Waals surface area contributed by atoms with Crippen LogP contribution in [-0.4, -0.2) is 69.8 Å². The minimum absolute atomic E-state index is 0.0407. The van der Waals surface area contributed by atoms with Crippen molar-refractivity contribution in [3.05, 3.63) is 35.9 Å². The number of piperidine rings is 1. The summed E-state index contributed by atoms with van der Waals surface area (Å²) in [5.41, 5.74) is 0.510. The van der Waals surface area contributed by atoms with Crippen molar-refractivity contribution in [1.29, 1.82) is 0 Å². The fourth-order valence-corrected chi connectivity index (χ4v) is 5.69. The molecule has 1 N–H and O–H groups in total. The van der Waals surface area contributed by atoms with Gasteiger partial charge in [0.05, 0.1) is 30.2 Å². The van der Waals surface area contributed by atoms with Gasteiger partial charge in [-0.1, -0.05) is 12.1 Å². The zero-order chi connectivity index (χ0) is 24.6. The number of ether oxygens (including phenoxy) is 1. The number of nitrogens with one attached hydrogen (secondary N) is 1. The van der Waals surface area contributed by atoms with Gasteiger partial charge in [-0.3, -0.25) is 0 Å². The molecule has 2 saturated heterocycles. The van der Waals surface area contributed by atoms with Crippen LogP contribution in [0.15, 0.2) is 35.9 Å². The number of anilines is 1. The predicted molar refractivity (Wildman–Crippen MR) is 134 cm³/mol. The summed E-state index contributed by atoms with van der Waals surface area (Å²) in [7, 11) is -3.59. The average Bonchev–Trinajstić information content (AvgIpc) is 3.00. The van der Waals surface area contributed by atoms with Crippen molar-refractivity contribution in [2.24, 2.45) is 5.92 Å². The maximum atomic E-state index is 11.9. The van der Waals surface area contributed by atoms with E-state index in [2.05, 4.69) is 48.4 Å². The molecule has 0 radical (unpaired) electrons. The monoisotopic (exact) mass is 491 g/mol. The Bertz CT molecular complexity index is 970. The van der Waals surface area contributed by atoms with Crippen LogP contribution < -0.4 is 9.62 Å². The molecule has 0 bridgehead atoms. The molecule has 3 aliphatic rings. The van der Waals surface area contributed by atoms with E-state index in [-0.39, 0.29) is 36.4 Å². The van der Waals surface area contributed by atoms with E-state index in [0.29, 0.717) is 19.6 Å². The second-order valence-electron chi connectivity index (χ2n) is 10.8. The second-order valence-corrected chi connectivity index (χ2v) is 12.6. The molecule has 34 heavy (non-hydrogen) atoms. The molecule has 188 valence electrons. The van der Waals surface area contributed by atoms with Gasteiger partial charge >= 0.3 is 7.12 Å². The summed E-state index contributed by atoms with van der Waals surface area (Å²) in [6.07, 6.45) is 8.61. The van der Waals surface area contributed by atoms with Crippen LogP contribution >= 0.6 is 0 Å². The van der Waals surface area contributed by atoms with Crippen LogP contribution in [0.25, 0.3) is 0 Å². The van der Waals surface area contributed by atoms with Crippen molar-refractivity contribution in [2.45, 2.75) is 76.7 Å². The van der Waals surface area contributed by atoms with E-state index in [1.54, 1.807) is 6.20 Å². The van der Waals surface area contributed by atoms with Gasteiger partial charge in [-0.15, -0.1) is 0 Å². The third kappa shape index (κ3) is 6.02. The van der Waals surface area contributed by atoms with E-state index >= 15 is 0 Å². The van der Waals surface area contributed by atoms with Gasteiger partial charge in [-0.25, -0.2) is 18.1 Å². The fourth-order valence-electron chi connectivity index (χ4n) is 4.83. The van der Waals surface area contributed by atoms with Gasteiger partial charge in [0, 0.05) is 31.2 Å². The maximum absolute atomic E-state index is 11.9. The Labute approximate surface area is 204 Å². The Morgan fingerprint density at radius 3 is 2.53 bits per heavy atom. The first-order valence-corrected chi connectivity index (χ1v) is 14.1. The Morgan fingerprint density at radius 2 is 1.94 bits per heavy atom. The molecule has 10 heteroatoms. The Hall–Kier alpha value is -1.46. The summed E-state index contributed by atoms with van der Waals surface area (Å²) < 4.78 is 45.5. The van der Waals surface area contributed by atoms with Crippen molar-refractivity contribution < 1.29 is 22.5 Å². The number of sulfonamides is 1. The first-order chi connectivity index (χ1) is 15.9. The van der Waals surface area contributed by atoms with Crippen LogP contribution in [0, 0.1) is 5.92 Å². The standard InChI is InChI=1S/C24H38BN3O5S/c1-23(2)24(3,4)33-25(32-23)19-9-11-20(12-10-19)31-17-18-16-28(22-8-6-7-14-26-22)15-13-21(18)27-34(5,29)30/h6-9,14,18,20-21,27H,10-13,15-17H2,1-5H3/t18?,20-,21?/m0/s1. The number of aromatic nitrogens is 1. The summed E-state index contributed by atoms with van der Waals surface area (Å²) in [5.74, 6) is 0.955. The molecular weight excluding hydrogens is 453 g/mol. The van der Waals surface area contributed by atoms with Gasteiger partial charge < -0.3 is 18.9 Å². The van der Waals surface area contributed by atoms with Crippen LogP contribution in [0.2, 0.25) is 0 Å². The lowest BCUT2D eigenvalue weighted by Gasteiger charge is -2.39. The van der Waals surface area contributed by atoms with Gasteiger partial charge in [0.25, 0.3) is 0 Å². The predicted octanol–water partition coefficient (Wildman–Crippen LogP) is 2.95. The van der Waals surface area contributed by atoms with Crippen LogP contribution in [-0.2, 0) is 24.1 Å². The van der Waals surface area contributed by atoms with Gasteiger partial charge in [0.2, 0.25) is 10.0 Å². The molecule has 0 amide bonds. The Morgan fingerprint density at radius 1 is 1.21 bits per heavy atom. The van der Waals surface area contributed by atoms with Crippen molar-refractivity contribution in [3.63, 3.8) is 0 Å². The zero-order valence-electron chi connectivity index (χ0n) is 21.0. The van der Waals surface area contributed by atoms with E-state index in [1.807, 2.05) is 18.2 Å². The molecule has 0 spiro atoms. The normalized spacial score (nSPS) is 29.2. The Balaban J connectivity index is 1.35. The first-order valence-electron chi connectivity index (χ1n) is 12.2. The van der Waals surface area contributed by atoms with Crippen LogP contribution in [0.5, 0.6) is 0 Å². The summed E-state index contributed by atoms with van der Waals surface area (Å²) in [4.78, 5) is 6.68. The molecule has 0 aromatic carbocycles. The van der Waals surface area contributed by atoms with Crippen molar-refractivity contribution in [3.8, 4) is 0 Å².